The Bertz CT molecular complexity index is 1450. The first-order chi connectivity index (χ1) is 17.3. The van der Waals surface area contributed by atoms with Crippen LogP contribution in [0.1, 0.15) is 38.7 Å². The summed E-state index contributed by atoms with van der Waals surface area (Å²) < 4.78 is 1.19. The Balaban J connectivity index is 1.70. The first-order valence-electron chi connectivity index (χ1n) is 12.1. The Kier molecular flexibility index (Phi) is 7.28. The van der Waals surface area contributed by atoms with Crippen molar-refractivity contribution in [2.45, 2.75) is 39.7 Å². The third-order valence-electron chi connectivity index (χ3n) is 6.03. The highest BCUT2D eigenvalue weighted by Gasteiger charge is 2.21. The van der Waals surface area contributed by atoms with Gasteiger partial charge < -0.3 is 16.4 Å². The van der Waals surface area contributed by atoms with E-state index in [9.17, 15) is 14.4 Å². The van der Waals surface area contributed by atoms with E-state index in [0.29, 0.717) is 47.5 Å². The molecule has 0 unspecified atom stereocenters. The van der Waals surface area contributed by atoms with Crippen LogP contribution in [-0.4, -0.2) is 45.2 Å². The van der Waals surface area contributed by atoms with Gasteiger partial charge in [0.05, 0.1) is 22.9 Å². The predicted molar refractivity (Wildman–Crippen MR) is 142 cm³/mol. The van der Waals surface area contributed by atoms with E-state index in [-0.39, 0.29) is 18.0 Å². The third kappa shape index (κ3) is 5.19. The van der Waals surface area contributed by atoms with Gasteiger partial charge in [0, 0.05) is 30.6 Å². The van der Waals surface area contributed by atoms with Gasteiger partial charge in [-0.05, 0) is 48.2 Å². The van der Waals surface area contributed by atoms with E-state index < -0.39 is 5.91 Å². The second-order valence-electron chi connectivity index (χ2n) is 8.89. The molecule has 186 valence electrons. The van der Waals surface area contributed by atoms with Crippen molar-refractivity contribution in [3.05, 3.63) is 64.2 Å². The molecule has 0 saturated heterocycles. The monoisotopic (exact) mass is 486 g/mol. The van der Waals surface area contributed by atoms with Gasteiger partial charge in [-0.2, -0.15) is 0 Å². The zero-order chi connectivity index (χ0) is 25.8. The number of nitrogens with two attached hydrogens (primary N) is 2. The summed E-state index contributed by atoms with van der Waals surface area (Å²) in [7, 11) is 0. The minimum absolute atomic E-state index is 0.00336. The van der Waals surface area contributed by atoms with E-state index in [2.05, 4.69) is 23.8 Å². The highest BCUT2D eigenvalue weighted by atomic mass is 16.2. The third-order valence-corrected chi connectivity index (χ3v) is 6.03. The number of hydrogen-bond donors (Lipinski definition) is 2. The molecule has 1 aromatic heterocycles. The molecule has 2 aromatic carbocycles. The average molecular weight is 487 g/mol. The Labute approximate surface area is 209 Å². The Morgan fingerprint density at radius 1 is 1.06 bits per heavy atom. The quantitative estimate of drug-likeness (QED) is 0.504. The maximum atomic E-state index is 13.2. The Hall–Kier alpha value is -4.27. The largest absolute Gasteiger partial charge is 0.387 e. The molecule has 36 heavy (non-hydrogen) atoms. The number of amidine groups is 1. The maximum absolute atomic E-state index is 13.2. The molecule has 1 aliphatic heterocycles. The Morgan fingerprint density at radius 2 is 1.75 bits per heavy atom. The molecule has 0 aliphatic carbocycles. The smallest absolute Gasteiger partial charge is 0.261 e. The summed E-state index contributed by atoms with van der Waals surface area (Å²) in [5.41, 5.74) is 15.5. The molecular weight excluding hydrogens is 456 g/mol. The van der Waals surface area contributed by atoms with Gasteiger partial charge in [-0.15, -0.1) is 0 Å². The van der Waals surface area contributed by atoms with Gasteiger partial charge in [-0.1, -0.05) is 32.0 Å². The number of fused-ring (bicyclic) bond motifs is 2. The van der Waals surface area contributed by atoms with E-state index >= 15 is 0 Å². The molecule has 0 radical (unpaired) electrons. The number of amides is 2. The molecule has 2 amide bonds. The van der Waals surface area contributed by atoms with Crippen molar-refractivity contribution in [3.63, 3.8) is 0 Å². The molecule has 4 rings (SSSR count). The van der Waals surface area contributed by atoms with Crippen molar-refractivity contribution in [2.24, 2.45) is 16.5 Å². The van der Waals surface area contributed by atoms with E-state index in [1.807, 2.05) is 41.3 Å². The second kappa shape index (κ2) is 10.6. The molecule has 1 aliphatic rings. The standard InChI is InChI=1S/C27H30N6O3/c1-3-9-32(10-4-2)26(35)20-11-19-6-5-17(12-22(19)31-24(28)14-20)18-7-8-21-23(13-18)30-16-33(27(21)36)15-25(29)34/h5-8,11-13,16H,3-4,9-10,14-15H2,1-2H3,(H2,28,31)(H2,29,34). The van der Waals surface area contributed by atoms with Crippen LogP contribution in [0.25, 0.3) is 28.1 Å². The number of aliphatic imine (C=N–C) groups is 1. The molecule has 0 atom stereocenters. The predicted octanol–water partition coefficient (Wildman–Crippen LogP) is 2.97. The van der Waals surface area contributed by atoms with Crippen LogP contribution in [0.4, 0.5) is 5.69 Å². The van der Waals surface area contributed by atoms with Crippen LogP contribution >= 0.6 is 0 Å². The summed E-state index contributed by atoms with van der Waals surface area (Å²) in [6.07, 6.45) is 5.28. The van der Waals surface area contributed by atoms with Crippen LogP contribution in [0.2, 0.25) is 0 Å². The van der Waals surface area contributed by atoms with Crippen LogP contribution in [-0.2, 0) is 16.1 Å². The number of aromatic nitrogens is 2. The maximum Gasteiger partial charge on any atom is 0.261 e. The lowest BCUT2D eigenvalue weighted by Gasteiger charge is -2.22. The zero-order valence-corrected chi connectivity index (χ0v) is 20.5. The van der Waals surface area contributed by atoms with Crippen molar-refractivity contribution in [2.75, 3.05) is 13.1 Å². The average Bonchev–Trinajstić information content (AvgIpc) is 3.02. The van der Waals surface area contributed by atoms with Gasteiger partial charge in [0.2, 0.25) is 11.8 Å². The van der Waals surface area contributed by atoms with Crippen molar-refractivity contribution >= 4 is 40.3 Å². The summed E-state index contributed by atoms with van der Waals surface area (Å²) in [6.45, 7) is 5.31. The molecular formula is C27H30N6O3. The SMILES string of the molecule is CCCN(CCC)C(=O)C1=Cc2ccc(-c3ccc4c(=O)n(CC(N)=O)cnc4c3)cc2N=C(N)C1. The van der Waals surface area contributed by atoms with Gasteiger partial charge in [0.15, 0.2) is 0 Å². The Morgan fingerprint density at radius 3 is 2.44 bits per heavy atom. The fourth-order valence-corrected chi connectivity index (χ4v) is 4.38. The van der Waals surface area contributed by atoms with E-state index in [1.165, 1.54) is 10.9 Å². The first kappa shape index (κ1) is 24.8. The highest BCUT2D eigenvalue weighted by molar-refractivity contribution is 6.05. The van der Waals surface area contributed by atoms with Crippen LogP contribution < -0.4 is 17.0 Å². The number of carbonyl (C=O) groups excluding carboxylic acids is 2. The molecule has 0 saturated carbocycles. The minimum Gasteiger partial charge on any atom is -0.387 e. The number of primary amides is 1. The van der Waals surface area contributed by atoms with Gasteiger partial charge in [0.25, 0.3) is 5.56 Å². The van der Waals surface area contributed by atoms with Crippen molar-refractivity contribution in [1.82, 2.24) is 14.5 Å². The van der Waals surface area contributed by atoms with Gasteiger partial charge in [0.1, 0.15) is 12.4 Å². The number of carbonyl (C=O) groups is 2. The molecule has 4 N–H and O–H groups in total. The number of hydrogen-bond acceptors (Lipinski definition) is 6. The molecule has 3 aromatic rings. The molecule has 9 heteroatoms. The summed E-state index contributed by atoms with van der Waals surface area (Å²) in [4.78, 5) is 47.8. The number of nitrogens with zero attached hydrogens (tertiary/aromatic N) is 4. The first-order valence-corrected chi connectivity index (χ1v) is 12.1. The van der Waals surface area contributed by atoms with E-state index in [0.717, 1.165) is 29.5 Å². The fourth-order valence-electron chi connectivity index (χ4n) is 4.38. The van der Waals surface area contributed by atoms with Crippen molar-refractivity contribution < 1.29 is 9.59 Å². The molecule has 2 heterocycles. The molecule has 9 nitrogen and oxygen atoms in total. The lowest BCUT2D eigenvalue weighted by Crippen LogP contribution is -2.34. The zero-order valence-electron chi connectivity index (χ0n) is 20.5. The summed E-state index contributed by atoms with van der Waals surface area (Å²) >= 11 is 0. The molecule has 0 spiro atoms. The van der Waals surface area contributed by atoms with E-state index in [4.69, 9.17) is 11.5 Å². The second-order valence-corrected chi connectivity index (χ2v) is 8.89. The number of benzene rings is 2. The van der Waals surface area contributed by atoms with E-state index in [1.54, 1.807) is 6.07 Å². The lowest BCUT2D eigenvalue weighted by molar-refractivity contribution is -0.127. The molecule has 0 bridgehead atoms. The van der Waals surface area contributed by atoms with Gasteiger partial charge >= 0.3 is 0 Å². The fraction of sp³-hybridized carbons (Fsp3) is 0.296. The highest BCUT2D eigenvalue weighted by Crippen LogP contribution is 2.32. The minimum atomic E-state index is -0.609. The normalized spacial score (nSPS) is 12.9. The van der Waals surface area contributed by atoms with Crippen LogP contribution in [0, 0.1) is 0 Å². The number of rotatable bonds is 8. The lowest BCUT2D eigenvalue weighted by atomic mass is 10.00. The van der Waals surface area contributed by atoms with Crippen LogP contribution in [0.5, 0.6) is 0 Å². The van der Waals surface area contributed by atoms with Crippen molar-refractivity contribution in [3.8, 4) is 11.1 Å². The van der Waals surface area contributed by atoms with Crippen LogP contribution in [0.15, 0.2) is 58.1 Å². The summed E-state index contributed by atoms with van der Waals surface area (Å²) in [5.74, 6) is -0.230. The van der Waals surface area contributed by atoms with Gasteiger partial charge in [-0.3, -0.25) is 19.0 Å². The molecule has 0 fully saturated rings. The van der Waals surface area contributed by atoms with Crippen LogP contribution in [0.3, 0.4) is 0 Å². The topological polar surface area (TPSA) is 137 Å². The summed E-state index contributed by atoms with van der Waals surface area (Å²) in [5, 5.41) is 0.398. The van der Waals surface area contributed by atoms with Crippen molar-refractivity contribution in [1.29, 1.82) is 0 Å². The summed E-state index contributed by atoms with van der Waals surface area (Å²) in [6, 6.07) is 11.1. The van der Waals surface area contributed by atoms with Gasteiger partial charge in [-0.25, -0.2) is 9.98 Å².